The van der Waals surface area contributed by atoms with Crippen molar-refractivity contribution in [2.75, 3.05) is 6.61 Å². The van der Waals surface area contributed by atoms with E-state index in [2.05, 4.69) is 4.98 Å². The van der Waals surface area contributed by atoms with Crippen LogP contribution in [0.5, 0.6) is 5.75 Å². The minimum absolute atomic E-state index is 0.312. The molecule has 3 atom stereocenters. The fraction of sp³-hybridized carbons (Fsp3) is 0.400. The zero-order valence-electron chi connectivity index (χ0n) is 11.8. The summed E-state index contributed by atoms with van der Waals surface area (Å²) in [6, 6.07) is 8.39. The third kappa shape index (κ3) is 3.68. The second-order valence-electron chi connectivity index (χ2n) is 5.31. The van der Waals surface area contributed by atoms with Crippen LogP contribution in [0.1, 0.15) is 6.42 Å². The van der Waals surface area contributed by atoms with E-state index in [1.807, 2.05) is 0 Å². The van der Waals surface area contributed by atoms with Crippen LogP contribution >= 0.6 is 11.6 Å². The van der Waals surface area contributed by atoms with E-state index in [0.29, 0.717) is 16.4 Å². The van der Waals surface area contributed by atoms with Gasteiger partial charge in [0.15, 0.2) is 6.29 Å². The van der Waals surface area contributed by atoms with Crippen LogP contribution in [0.3, 0.4) is 0 Å². The van der Waals surface area contributed by atoms with Gasteiger partial charge in [-0.3, -0.25) is 0 Å². The van der Waals surface area contributed by atoms with Crippen molar-refractivity contribution in [1.29, 1.82) is 0 Å². The molecule has 0 saturated carbocycles. The molecule has 124 valence electrons. The SMILES string of the molecule is OC1CC(C(F)(F)F)C(COc2ccc3ccc(Cl)nc3c2)O1. The number of rotatable bonds is 3. The molecule has 1 aliphatic rings. The van der Waals surface area contributed by atoms with E-state index < -0.39 is 30.9 Å². The average Bonchev–Trinajstić information content (AvgIpc) is 2.86. The second kappa shape index (κ2) is 6.14. The molecule has 1 aliphatic heterocycles. The number of hydrogen-bond donors (Lipinski definition) is 1. The van der Waals surface area contributed by atoms with Crippen molar-refractivity contribution in [3.8, 4) is 5.75 Å². The molecule has 1 fully saturated rings. The first-order valence-electron chi connectivity index (χ1n) is 6.92. The Bertz CT molecular complexity index is 710. The molecule has 0 bridgehead atoms. The molecule has 0 radical (unpaired) electrons. The fourth-order valence-electron chi connectivity index (χ4n) is 2.56. The summed E-state index contributed by atoms with van der Waals surface area (Å²) in [6.45, 7) is -0.312. The van der Waals surface area contributed by atoms with Gasteiger partial charge in [0.05, 0.1) is 11.4 Å². The lowest BCUT2D eigenvalue weighted by Gasteiger charge is -2.21. The lowest BCUT2D eigenvalue weighted by atomic mass is 10.0. The number of fused-ring (bicyclic) bond motifs is 1. The predicted molar refractivity (Wildman–Crippen MR) is 77.3 cm³/mol. The molecule has 1 aromatic carbocycles. The smallest absolute Gasteiger partial charge is 0.394 e. The Morgan fingerprint density at radius 1 is 1.30 bits per heavy atom. The number of nitrogens with zero attached hydrogens (tertiary/aromatic N) is 1. The Kier molecular flexibility index (Phi) is 4.35. The summed E-state index contributed by atoms with van der Waals surface area (Å²) in [4.78, 5) is 4.12. The monoisotopic (exact) mass is 347 g/mol. The molecule has 1 saturated heterocycles. The van der Waals surface area contributed by atoms with Crippen LogP contribution in [0.25, 0.3) is 10.9 Å². The van der Waals surface area contributed by atoms with Crippen LogP contribution < -0.4 is 4.74 Å². The third-order valence-electron chi connectivity index (χ3n) is 3.70. The van der Waals surface area contributed by atoms with Gasteiger partial charge < -0.3 is 14.6 Å². The highest BCUT2D eigenvalue weighted by Gasteiger charge is 2.51. The molecule has 23 heavy (non-hydrogen) atoms. The first-order chi connectivity index (χ1) is 10.8. The summed E-state index contributed by atoms with van der Waals surface area (Å²) in [5, 5.41) is 10.4. The number of aliphatic hydroxyl groups excluding tert-OH is 1. The van der Waals surface area contributed by atoms with Gasteiger partial charge in [0.1, 0.15) is 23.6 Å². The van der Waals surface area contributed by atoms with E-state index in [1.165, 1.54) is 0 Å². The van der Waals surface area contributed by atoms with E-state index in [-0.39, 0.29) is 6.61 Å². The molecule has 8 heteroatoms. The van der Waals surface area contributed by atoms with Crippen molar-refractivity contribution in [3.05, 3.63) is 35.5 Å². The van der Waals surface area contributed by atoms with Gasteiger partial charge >= 0.3 is 6.18 Å². The number of halogens is 4. The molecule has 0 spiro atoms. The largest absolute Gasteiger partial charge is 0.491 e. The van der Waals surface area contributed by atoms with Crippen molar-refractivity contribution in [1.82, 2.24) is 4.98 Å². The molecular formula is C15H13ClF3NO3. The number of aromatic nitrogens is 1. The van der Waals surface area contributed by atoms with Crippen LogP contribution in [0.2, 0.25) is 5.15 Å². The third-order valence-corrected chi connectivity index (χ3v) is 3.91. The predicted octanol–water partition coefficient (Wildman–Crippen LogP) is 3.55. The molecule has 3 unspecified atom stereocenters. The van der Waals surface area contributed by atoms with Crippen LogP contribution in [-0.2, 0) is 4.74 Å². The van der Waals surface area contributed by atoms with Crippen LogP contribution in [0.15, 0.2) is 30.3 Å². The number of benzene rings is 1. The molecule has 2 heterocycles. The highest BCUT2D eigenvalue weighted by Crippen LogP contribution is 2.39. The molecule has 4 nitrogen and oxygen atoms in total. The van der Waals surface area contributed by atoms with Crippen LogP contribution in [0, 0.1) is 5.92 Å². The minimum atomic E-state index is -4.44. The quantitative estimate of drug-likeness (QED) is 0.863. The first-order valence-corrected chi connectivity index (χ1v) is 7.30. The molecule has 1 N–H and O–H groups in total. The number of aliphatic hydroxyl groups is 1. The Morgan fingerprint density at radius 3 is 2.78 bits per heavy atom. The number of pyridine rings is 1. The molecule has 3 rings (SSSR count). The summed E-state index contributed by atoms with van der Waals surface area (Å²) in [5.74, 6) is -1.39. The lowest BCUT2D eigenvalue weighted by molar-refractivity contribution is -0.191. The lowest BCUT2D eigenvalue weighted by Crippen LogP contribution is -2.34. The Balaban J connectivity index is 1.72. The van der Waals surface area contributed by atoms with E-state index in [1.54, 1.807) is 30.3 Å². The summed E-state index contributed by atoms with van der Waals surface area (Å²) in [5.41, 5.74) is 0.578. The topological polar surface area (TPSA) is 51.6 Å². The van der Waals surface area contributed by atoms with Gasteiger partial charge in [0.2, 0.25) is 0 Å². The van der Waals surface area contributed by atoms with Gasteiger partial charge in [0, 0.05) is 17.9 Å². The van der Waals surface area contributed by atoms with E-state index in [9.17, 15) is 18.3 Å². The molecule has 0 aliphatic carbocycles. The number of ether oxygens (including phenoxy) is 2. The highest BCUT2D eigenvalue weighted by molar-refractivity contribution is 6.29. The maximum atomic E-state index is 12.9. The maximum Gasteiger partial charge on any atom is 0.394 e. The Hall–Kier alpha value is -1.57. The highest BCUT2D eigenvalue weighted by atomic mass is 35.5. The standard InChI is InChI=1S/C15H13ClF3NO3/c16-13-4-2-8-1-3-9(5-11(8)20-13)22-7-12-10(15(17,18)19)6-14(21)23-12/h1-5,10,12,14,21H,6-7H2. The second-order valence-corrected chi connectivity index (χ2v) is 5.70. The molecule has 1 aromatic heterocycles. The van der Waals surface area contributed by atoms with Gasteiger partial charge in [-0.25, -0.2) is 4.98 Å². The van der Waals surface area contributed by atoms with Gasteiger partial charge in [0.25, 0.3) is 0 Å². The van der Waals surface area contributed by atoms with Crippen molar-refractivity contribution in [2.45, 2.75) is 25.0 Å². The number of alkyl halides is 3. The van der Waals surface area contributed by atoms with Gasteiger partial charge in [-0.15, -0.1) is 0 Å². The summed E-state index contributed by atoms with van der Waals surface area (Å²) in [6.07, 6.45) is -7.59. The summed E-state index contributed by atoms with van der Waals surface area (Å²) >= 11 is 5.81. The average molecular weight is 348 g/mol. The maximum absolute atomic E-state index is 12.9. The van der Waals surface area contributed by atoms with Crippen LogP contribution in [0.4, 0.5) is 13.2 Å². The summed E-state index contributed by atoms with van der Waals surface area (Å²) in [7, 11) is 0. The van der Waals surface area contributed by atoms with Gasteiger partial charge in [-0.1, -0.05) is 11.6 Å². The van der Waals surface area contributed by atoms with Crippen molar-refractivity contribution in [3.63, 3.8) is 0 Å². The van der Waals surface area contributed by atoms with Crippen LogP contribution in [-0.4, -0.2) is 35.3 Å². The van der Waals surface area contributed by atoms with Crippen molar-refractivity contribution < 1.29 is 27.8 Å². The zero-order valence-corrected chi connectivity index (χ0v) is 12.5. The molecule has 0 amide bonds. The Morgan fingerprint density at radius 2 is 2.04 bits per heavy atom. The minimum Gasteiger partial charge on any atom is -0.491 e. The fourth-order valence-corrected chi connectivity index (χ4v) is 2.72. The zero-order chi connectivity index (χ0) is 16.6. The normalized spacial score (nSPS) is 25.0. The summed E-state index contributed by atoms with van der Waals surface area (Å²) < 4.78 is 49.0. The van der Waals surface area contributed by atoms with E-state index >= 15 is 0 Å². The Labute approximate surface area is 134 Å². The van der Waals surface area contributed by atoms with Gasteiger partial charge in [-0.05, 0) is 24.3 Å². The van der Waals surface area contributed by atoms with E-state index in [0.717, 1.165) is 5.39 Å². The van der Waals surface area contributed by atoms with Crippen molar-refractivity contribution in [2.24, 2.45) is 5.92 Å². The first kappa shape index (κ1) is 16.3. The molecular weight excluding hydrogens is 335 g/mol. The molecule has 2 aromatic rings. The van der Waals surface area contributed by atoms with Gasteiger partial charge in [-0.2, -0.15) is 13.2 Å². The van der Waals surface area contributed by atoms with Crippen molar-refractivity contribution >= 4 is 22.5 Å². The van der Waals surface area contributed by atoms with E-state index in [4.69, 9.17) is 21.1 Å². The number of hydrogen-bond acceptors (Lipinski definition) is 4.